The minimum atomic E-state index is 0.570. The Balaban J connectivity index is 2.75. The van der Waals surface area contributed by atoms with E-state index in [1.54, 1.807) is 6.08 Å². The topological polar surface area (TPSA) is 62.7 Å². The molecule has 1 aromatic heterocycles. The van der Waals surface area contributed by atoms with Gasteiger partial charge in [-0.15, -0.1) is 13.2 Å². The highest BCUT2D eigenvalue weighted by atomic mass is 32.2. The molecule has 0 atom stereocenters. The first-order chi connectivity index (χ1) is 9.30. The van der Waals surface area contributed by atoms with Crippen LogP contribution in [0.4, 0.5) is 11.9 Å². The quantitative estimate of drug-likeness (QED) is 0.390. The largest absolute Gasteiger partial charge is 0.354 e. The van der Waals surface area contributed by atoms with Crippen LogP contribution in [0.1, 0.15) is 19.8 Å². The molecule has 5 nitrogen and oxygen atoms in total. The van der Waals surface area contributed by atoms with Crippen LogP contribution in [0.3, 0.4) is 0 Å². The van der Waals surface area contributed by atoms with Gasteiger partial charge in [0.15, 0.2) is 5.16 Å². The van der Waals surface area contributed by atoms with Gasteiger partial charge in [-0.2, -0.15) is 15.0 Å². The van der Waals surface area contributed by atoms with Crippen molar-refractivity contribution in [1.29, 1.82) is 0 Å². The summed E-state index contributed by atoms with van der Waals surface area (Å²) in [5, 5.41) is 6.99. The molecule has 0 fully saturated rings. The molecule has 0 radical (unpaired) electrons. The van der Waals surface area contributed by atoms with Crippen molar-refractivity contribution in [3.63, 3.8) is 0 Å². The summed E-state index contributed by atoms with van der Waals surface area (Å²) in [6.07, 6.45) is 5.83. The molecular formula is C13H21N5S. The number of unbranched alkanes of at least 4 members (excludes halogenated alkanes) is 1. The molecule has 6 heteroatoms. The third-order valence-corrected chi connectivity index (χ3v) is 3.01. The second-order valence-corrected chi connectivity index (χ2v) is 4.80. The third-order valence-electron chi connectivity index (χ3n) is 2.16. The minimum Gasteiger partial charge on any atom is -0.354 e. The first kappa shape index (κ1) is 15.5. The molecule has 0 saturated heterocycles. The molecular weight excluding hydrogens is 258 g/mol. The van der Waals surface area contributed by atoms with Crippen LogP contribution in [-0.4, -0.2) is 33.8 Å². The average Bonchev–Trinajstić information content (AvgIpc) is 2.43. The van der Waals surface area contributed by atoms with Crippen molar-refractivity contribution >= 4 is 23.7 Å². The summed E-state index contributed by atoms with van der Waals surface area (Å²) in [5.41, 5.74) is 0. The van der Waals surface area contributed by atoms with E-state index in [0.717, 1.165) is 25.1 Å². The van der Waals surface area contributed by atoms with Gasteiger partial charge in [0.25, 0.3) is 0 Å². The number of rotatable bonds is 10. The molecule has 0 unspecified atom stereocenters. The van der Waals surface area contributed by atoms with Crippen LogP contribution >= 0.6 is 11.8 Å². The number of nitrogens with zero attached hydrogens (tertiary/aromatic N) is 3. The van der Waals surface area contributed by atoms with Crippen molar-refractivity contribution in [3.8, 4) is 0 Å². The van der Waals surface area contributed by atoms with Gasteiger partial charge < -0.3 is 10.6 Å². The summed E-state index contributed by atoms with van der Waals surface area (Å²) >= 11 is 1.54. The van der Waals surface area contributed by atoms with Gasteiger partial charge in [-0.05, 0) is 6.42 Å². The van der Waals surface area contributed by atoms with Crippen molar-refractivity contribution in [3.05, 3.63) is 25.3 Å². The number of hydrogen-bond donors (Lipinski definition) is 2. The third kappa shape index (κ3) is 6.24. The predicted octanol–water partition coefficient (Wildman–Crippen LogP) is 2.96. The summed E-state index contributed by atoms with van der Waals surface area (Å²) < 4.78 is 0. The maximum Gasteiger partial charge on any atom is 0.228 e. The van der Waals surface area contributed by atoms with Crippen LogP contribution in [0.15, 0.2) is 30.5 Å². The second-order valence-electron chi connectivity index (χ2n) is 3.81. The van der Waals surface area contributed by atoms with Crippen LogP contribution in [-0.2, 0) is 0 Å². The van der Waals surface area contributed by atoms with E-state index in [-0.39, 0.29) is 0 Å². The molecule has 19 heavy (non-hydrogen) atoms. The van der Waals surface area contributed by atoms with Gasteiger partial charge in [-0.3, -0.25) is 0 Å². The van der Waals surface area contributed by atoms with E-state index in [1.165, 1.54) is 11.8 Å². The molecule has 1 rings (SSSR count). The Morgan fingerprint density at radius 2 is 1.84 bits per heavy atom. The second kappa shape index (κ2) is 9.38. The molecule has 1 heterocycles. The lowest BCUT2D eigenvalue weighted by molar-refractivity contribution is 0.814. The molecule has 2 N–H and O–H groups in total. The first-order valence-electron chi connectivity index (χ1n) is 6.38. The summed E-state index contributed by atoms with van der Waals surface area (Å²) in [7, 11) is 0. The lowest BCUT2D eigenvalue weighted by Crippen LogP contribution is -2.10. The number of hydrogen-bond acceptors (Lipinski definition) is 6. The molecule has 0 aliphatic carbocycles. The van der Waals surface area contributed by atoms with Gasteiger partial charge in [0.1, 0.15) is 0 Å². The van der Waals surface area contributed by atoms with Crippen molar-refractivity contribution in [2.24, 2.45) is 0 Å². The SMILES string of the molecule is C=CCNc1nc(NCCCC)nc(SCC=C)n1. The van der Waals surface area contributed by atoms with Crippen LogP contribution < -0.4 is 10.6 Å². The van der Waals surface area contributed by atoms with Crippen LogP contribution in [0, 0.1) is 0 Å². The Morgan fingerprint density at radius 1 is 1.11 bits per heavy atom. The lowest BCUT2D eigenvalue weighted by Gasteiger charge is -2.08. The Bertz CT molecular complexity index is 378. The first-order valence-corrected chi connectivity index (χ1v) is 7.37. The van der Waals surface area contributed by atoms with Crippen molar-refractivity contribution in [2.75, 3.05) is 29.5 Å². The number of anilines is 2. The Morgan fingerprint density at radius 3 is 2.47 bits per heavy atom. The smallest absolute Gasteiger partial charge is 0.228 e. The minimum absolute atomic E-state index is 0.570. The fourth-order valence-corrected chi connectivity index (χ4v) is 1.82. The standard InChI is InChI=1S/C13H21N5S/c1-4-7-9-15-12-16-11(14-8-5-2)17-13(18-12)19-10-6-3/h5-6H,2-4,7-10H2,1H3,(H2,14,15,16,17,18). The van der Waals surface area contributed by atoms with Gasteiger partial charge in [-0.25, -0.2) is 0 Å². The van der Waals surface area contributed by atoms with E-state index in [4.69, 9.17) is 0 Å². The summed E-state index contributed by atoms with van der Waals surface area (Å²) in [6.45, 7) is 11.0. The summed E-state index contributed by atoms with van der Waals surface area (Å²) in [5.74, 6) is 1.96. The van der Waals surface area contributed by atoms with E-state index in [9.17, 15) is 0 Å². The molecule has 0 amide bonds. The molecule has 0 saturated carbocycles. The number of thioether (sulfide) groups is 1. The van der Waals surface area contributed by atoms with E-state index in [1.807, 2.05) is 6.08 Å². The maximum atomic E-state index is 4.37. The van der Waals surface area contributed by atoms with E-state index < -0.39 is 0 Å². The molecule has 0 bridgehead atoms. The molecule has 0 aliphatic heterocycles. The lowest BCUT2D eigenvalue weighted by atomic mass is 10.3. The number of nitrogens with one attached hydrogen (secondary N) is 2. The Hall–Kier alpha value is -1.56. The average molecular weight is 279 g/mol. The molecule has 0 aromatic carbocycles. The normalized spacial score (nSPS) is 9.95. The van der Waals surface area contributed by atoms with Crippen LogP contribution in [0.5, 0.6) is 0 Å². The van der Waals surface area contributed by atoms with Crippen molar-refractivity contribution in [1.82, 2.24) is 15.0 Å². The van der Waals surface area contributed by atoms with E-state index >= 15 is 0 Å². The fourth-order valence-electron chi connectivity index (χ4n) is 1.25. The van der Waals surface area contributed by atoms with E-state index in [2.05, 4.69) is 45.7 Å². The van der Waals surface area contributed by atoms with Crippen LogP contribution in [0.2, 0.25) is 0 Å². The van der Waals surface area contributed by atoms with Crippen molar-refractivity contribution < 1.29 is 0 Å². The zero-order chi connectivity index (χ0) is 13.9. The zero-order valence-corrected chi connectivity index (χ0v) is 12.2. The Labute approximate surface area is 119 Å². The van der Waals surface area contributed by atoms with Gasteiger partial charge >= 0.3 is 0 Å². The molecule has 0 aliphatic rings. The summed E-state index contributed by atoms with van der Waals surface area (Å²) in [6, 6.07) is 0. The van der Waals surface area contributed by atoms with Gasteiger partial charge in [-0.1, -0.05) is 37.3 Å². The maximum absolute atomic E-state index is 4.37. The number of aromatic nitrogens is 3. The van der Waals surface area contributed by atoms with E-state index in [0.29, 0.717) is 23.6 Å². The molecule has 0 spiro atoms. The molecule has 104 valence electrons. The predicted molar refractivity (Wildman–Crippen MR) is 82.8 cm³/mol. The highest BCUT2D eigenvalue weighted by Gasteiger charge is 2.05. The summed E-state index contributed by atoms with van der Waals surface area (Å²) in [4.78, 5) is 13.0. The fraction of sp³-hybridized carbons (Fsp3) is 0.462. The highest BCUT2D eigenvalue weighted by molar-refractivity contribution is 7.99. The van der Waals surface area contributed by atoms with Crippen LogP contribution in [0.25, 0.3) is 0 Å². The van der Waals surface area contributed by atoms with Gasteiger partial charge in [0.2, 0.25) is 11.9 Å². The zero-order valence-electron chi connectivity index (χ0n) is 11.4. The highest BCUT2D eigenvalue weighted by Crippen LogP contribution is 2.16. The monoisotopic (exact) mass is 279 g/mol. The van der Waals surface area contributed by atoms with Gasteiger partial charge in [0.05, 0.1) is 0 Å². The van der Waals surface area contributed by atoms with Gasteiger partial charge in [0, 0.05) is 18.8 Å². The molecule has 1 aromatic rings. The van der Waals surface area contributed by atoms with Crippen molar-refractivity contribution in [2.45, 2.75) is 24.9 Å². The Kier molecular flexibility index (Phi) is 7.65.